The maximum absolute atomic E-state index is 14.4. The number of rotatable bonds is 15. The van der Waals surface area contributed by atoms with E-state index in [1.54, 1.807) is 12.1 Å². The van der Waals surface area contributed by atoms with Gasteiger partial charge in [-0.15, -0.1) is 0 Å². The average molecular weight is 666 g/mol. The van der Waals surface area contributed by atoms with Crippen LogP contribution in [0.15, 0.2) is 151 Å². The van der Waals surface area contributed by atoms with Gasteiger partial charge in [0.1, 0.15) is 24.4 Å². The van der Waals surface area contributed by atoms with Crippen LogP contribution in [-0.4, -0.2) is 49.9 Å². The Kier molecular flexibility index (Phi) is 11.7. The molecule has 1 aromatic heterocycles. The molecule has 1 aliphatic heterocycles. The standard InChI is InChI=1S/C39H39NO7S/c41-48(42,35-23-13-14-24-40-35)39-38(46-28-33-21-11-4-12-22-33)37(45-27-32-19-9-3-10-20-32)36(44-26-31-17-7-2-8-18-31)34(47-39)29-43-25-30-15-5-1-6-16-30/h1-24,34,36-39H,25-29H2/t34-,36-,37+,38-,39+/m1/s1. The zero-order valence-electron chi connectivity index (χ0n) is 26.5. The molecule has 8 nitrogen and oxygen atoms in total. The van der Waals surface area contributed by atoms with Crippen molar-refractivity contribution >= 4 is 9.84 Å². The zero-order valence-corrected chi connectivity index (χ0v) is 27.3. The zero-order chi connectivity index (χ0) is 33.0. The summed E-state index contributed by atoms with van der Waals surface area (Å²) in [6.45, 7) is 0.954. The van der Waals surface area contributed by atoms with Crippen LogP contribution in [0.4, 0.5) is 0 Å². The van der Waals surface area contributed by atoms with Gasteiger partial charge in [0.15, 0.2) is 10.5 Å². The number of pyridine rings is 1. The van der Waals surface area contributed by atoms with Crippen molar-refractivity contribution in [1.82, 2.24) is 4.98 Å². The summed E-state index contributed by atoms with van der Waals surface area (Å²) in [7, 11) is -4.18. The second kappa shape index (κ2) is 16.7. The van der Waals surface area contributed by atoms with Crippen LogP contribution >= 0.6 is 0 Å². The third-order valence-corrected chi connectivity index (χ3v) is 9.89. The summed E-state index contributed by atoms with van der Waals surface area (Å²) < 4.78 is 61.2. The Morgan fingerprint density at radius 1 is 0.521 bits per heavy atom. The van der Waals surface area contributed by atoms with Gasteiger partial charge in [-0.3, -0.25) is 0 Å². The first kappa shape index (κ1) is 33.7. The Hall–Kier alpha value is -4.22. The lowest BCUT2D eigenvalue weighted by Gasteiger charge is -2.45. The normalized spacial score (nSPS) is 21.1. The molecule has 1 saturated heterocycles. The van der Waals surface area contributed by atoms with E-state index >= 15 is 0 Å². The van der Waals surface area contributed by atoms with Gasteiger partial charge in [0, 0.05) is 6.20 Å². The third-order valence-electron chi connectivity index (χ3n) is 8.08. The predicted octanol–water partition coefficient (Wildman–Crippen LogP) is 6.55. The van der Waals surface area contributed by atoms with E-state index in [0.29, 0.717) is 6.61 Å². The molecule has 5 atom stereocenters. The molecule has 248 valence electrons. The number of nitrogens with zero attached hydrogens (tertiary/aromatic N) is 1. The summed E-state index contributed by atoms with van der Waals surface area (Å²) in [5.74, 6) is 0. The Bertz CT molecular complexity index is 1760. The molecule has 1 fully saturated rings. The van der Waals surface area contributed by atoms with Crippen LogP contribution in [0.5, 0.6) is 0 Å². The molecule has 5 aromatic rings. The lowest BCUT2D eigenvalue weighted by Crippen LogP contribution is -2.63. The van der Waals surface area contributed by atoms with Crippen molar-refractivity contribution in [2.24, 2.45) is 0 Å². The summed E-state index contributed by atoms with van der Waals surface area (Å²) >= 11 is 0. The number of ether oxygens (including phenoxy) is 5. The first-order valence-corrected chi connectivity index (χ1v) is 17.5. The Labute approximate surface area is 282 Å². The molecular weight excluding hydrogens is 626 g/mol. The minimum Gasteiger partial charge on any atom is -0.374 e. The van der Waals surface area contributed by atoms with Crippen molar-refractivity contribution in [3.63, 3.8) is 0 Å². The van der Waals surface area contributed by atoms with E-state index in [9.17, 15) is 8.42 Å². The molecule has 0 bridgehead atoms. The van der Waals surface area contributed by atoms with Crippen LogP contribution in [0.2, 0.25) is 0 Å². The summed E-state index contributed by atoms with van der Waals surface area (Å²) in [5, 5.41) is -0.113. The number of sulfone groups is 1. The maximum Gasteiger partial charge on any atom is 0.225 e. The average Bonchev–Trinajstić information content (AvgIpc) is 3.14. The Balaban J connectivity index is 1.37. The summed E-state index contributed by atoms with van der Waals surface area (Å²) in [6.07, 6.45) is -2.06. The highest BCUT2D eigenvalue weighted by Gasteiger charge is 2.53. The summed E-state index contributed by atoms with van der Waals surface area (Å²) in [4.78, 5) is 4.19. The van der Waals surface area contributed by atoms with E-state index in [1.807, 2.05) is 121 Å². The second-order valence-corrected chi connectivity index (χ2v) is 13.5. The quantitative estimate of drug-likeness (QED) is 0.124. The van der Waals surface area contributed by atoms with Crippen molar-refractivity contribution in [3.8, 4) is 0 Å². The van der Waals surface area contributed by atoms with Gasteiger partial charge < -0.3 is 23.7 Å². The molecule has 0 aliphatic carbocycles. The maximum atomic E-state index is 14.4. The van der Waals surface area contributed by atoms with Gasteiger partial charge in [0.05, 0.1) is 33.0 Å². The first-order valence-electron chi connectivity index (χ1n) is 16.0. The molecule has 4 aromatic carbocycles. The molecule has 0 unspecified atom stereocenters. The first-order chi connectivity index (χ1) is 23.6. The largest absolute Gasteiger partial charge is 0.374 e. The number of hydrogen-bond acceptors (Lipinski definition) is 8. The fraction of sp³-hybridized carbons (Fsp3) is 0.256. The molecule has 1 aliphatic rings. The molecule has 0 amide bonds. The minimum atomic E-state index is -4.18. The molecule has 2 heterocycles. The second-order valence-electron chi connectivity index (χ2n) is 11.5. The van der Waals surface area contributed by atoms with E-state index in [0.717, 1.165) is 22.3 Å². The smallest absolute Gasteiger partial charge is 0.225 e. The molecule has 0 radical (unpaired) electrons. The Morgan fingerprint density at radius 3 is 1.44 bits per heavy atom. The van der Waals surface area contributed by atoms with Crippen molar-refractivity contribution in [2.75, 3.05) is 6.61 Å². The number of aromatic nitrogens is 1. The highest BCUT2D eigenvalue weighted by atomic mass is 32.2. The van der Waals surface area contributed by atoms with Crippen molar-refractivity contribution in [2.45, 2.75) is 61.3 Å². The van der Waals surface area contributed by atoms with Crippen molar-refractivity contribution in [1.29, 1.82) is 0 Å². The highest BCUT2D eigenvalue weighted by Crippen LogP contribution is 2.35. The van der Waals surface area contributed by atoms with Gasteiger partial charge in [0.2, 0.25) is 9.84 Å². The fourth-order valence-electron chi connectivity index (χ4n) is 5.63. The van der Waals surface area contributed by atoms with Crippen LogP contribution in [0.25, 0.3) is 0 Å². The van der Waals surface area contributed by atoms with Gasteiger partial charge in [-0.05, 0) is 34.4 Å². The van der Waals surface area contributed by atoms with Gasteiger partial charge in [-0.2, -0.15) is 0 Å². The summed E-state index contributed by atoms with van der Waals surface area (Å²) in [5.41, 5.74) is 2.28. The van der Waals surface area contributed by atoms with E-state index in [2.05, 4.69) is 4.98 Å². The van der Waals surface area contributed by atoms with Crippen LogP contribution in [0.1, 0.15) is 22.3 Å². The van der Waals surface area contributed by atoms with E-state index in [4.69, 9.17) is 23.7 Å². The van der Waals surface area contributed by atoms with Gasteiger partial charge >= 0.3 is 0 Å². The molecule has 0 N–H and O–H groups in total. The van der Waals surface area contributed by atoms with E-state index in [-0.39, 0.29) is 31.5 Å². The molecular formula is C39H39NO7S. The summed E-state index contributed by atoms with van der Waals surface area (Å²) in [6, 6.07) is 43.6. The topological polar surface area (TPSA) is 93.2 Å². The van der Waals surface area contributed by atoms with Crippen LogP contribution < -0.4 is 0 Å². The van der Waals surface area contributed by atoms with Crippen molar-refractivity contribution < 1.29 is 32.1 Å². The van der Waals surface area contributed by atoms with Gasteiger partial charge in [-0.25, -0.2) is 13.4 Å². The number of benzene rings is 4. The van der Waals surface area contributed by atoms with E-state index in [1.165, 1.54) is 12.3 Å². The lowest BCUT2D eigenvalue weighted by atomic mass is 9.98. The molecule has 9 heteroatoms. The molecule has 0 spiro atoms. The lowest BCUT2D eigenvalue weighted by molar-refractivity contribution is -0.256. The Morgan fingerprint density at radius 2 is 0.958 bits per heavy atom. The van der Waals surface area contributed by atoms with E-state index < -0.39 is 39.7 Å². The van der Waals surface area contributed by atoms with Crippen LogP contribution in [-0.2, 0) is 59.9 Å². The molecule has 0 saturated carbocycles. The number of hydrogen-bond donors (Lipinski definition) is 0. The van der Waals surface area contributed by atoms with Gasteiger partial charge in [-0.1, -0.05) is 127 Å². The molecule has 6 rings (SSSR count). The SMILES string of the molecule is O=S(=O)(c1ccccn1)[C@@H]1O[C@H](COCc2ccccc2)[C@@H](OCc2ccccc2)[C@H](OCc2ccccc2)[C@H]1OCc1ccccc1. The molecule has 48 heavy (non-hydrogen) atoms. The monoisotopic (exact) mass is 665 g/mol. The van der Waals surface area contributed by atoms with Gasteiger partial charge in [0.25, 0.3) is 0 Å². The fourth-order valence-corrected chi connectivity index (χ4v) is 7.22. The van der Waals surface area contributed by atoms with Crippen molar-refractivity contribution in [3.05, 3.63) is 168 Å². The third kappa shape index (κ3) is 8.82. The van der Waals surface area contributed by atoms with Crippen LogP contribution in [0, 0.1) is 0 Å². The highest BCUT2D eigenvalue weighted by molar-refractivity contribution is 7.91. The van der Waals surface area contributed by atoms with Crippen LogP contribution in [0.3, 0.4) is 0 Å². The predicted molar refractivity (Wildman–Crippen MR) is 181 cm³/mol. The minimum absolute atomic E-state index is 0.0548.